The van der Waals surface area contributed by atoms with Crippen molar-refractivity contribution >= 4 is 22.5 Å². The third-order valence-electron chi connectivity index (χ3n) is 3.18. The molecule has 0 aliphatic carbocycles. The fraction of sp³-hybridized carbons (Fsp3) is 0.286. The van der Waals surface area contributed by atoms with E-state index in [2.05, 4.69) is 10.3 Å². The molecular formula is C14H18N4O2. The quantitative estimate of drug-likeness (QED) is 0.632. The first-order chi connectivity index (χ1) is 9.50. The fourth-order valence-electron chi connectivity index (χ4n) is 1.91. The van der Waals surface area contributed by atoms with Crippen molar-refractivity contribution in [2.45, 2.75) is 19.1 Å². The average molecular weight is 274 g/mol. The zero-order valence-electron chi connectivity index (χ0n) is 11.2. The first kappa shape index (κ1) is 14.2. The number of hydrogen-bond acceptors (Lipinski definition) is 5. The summed E-state index contributed by atoms with van der Waals surface area (Å²) in [6.07, 6.45) is 0.800. The largest absolute Gasteiger partial charge is 0.392 e. The highest BCUT2D eigenvalue weighted by atomic mass is 16.3. The van der Waals surface area contributed by atoms with Crippen LogP contribution in [0.25, 0.3) is 10.9 Å². The van der Waals surface area contributed by atoms with Gasteiger partial charge in [-0.15, -0.1) is 0 Å². The van der Waals surface area contributed by atoms with Crippen LogP contribution >= 0.6 is 0 Å². The molecule has 6 heteroatoms. The maximum absolute atomic E-state index is 11.5. The lowest BCUT2D eigenvalue weighted by Gasteiger charge is -2.18. The molecule has 106 valence electrons. The molecule has 0 aliphatic heterocycles. The van der Waals surface area contributed by atoms with E-state index in [4.69, 9.17) is 11.5 Å². The second-order valence-electron chi connectivity index (χ2n) is 4.71. The topological polar surface area (TPSA) is 114 Å². The van der Waals surface area contributed by atoms with Crippen molar-refractivity contribution in [3.63, 3.8) is 0 Å². The minimum absolute atomic E-state index is 0.307. The van der Waals surface area contributed by atoms with E-state index in [1.165, 1.54) is 6.20 Å². The number of amides is 1. The van der Waals surface area contributed by atoms with Crippen LogP contribution in [0, 0.1) is 0 Å². The molecule has 0 saturated carbocycles. The number of rotatable bonds is 5. The van der Waals surface area contributed by atoms with Crippen LogP contribution in [0.2, 0.25) is 0 Å². The highest BCUT2D eigenvalue weighted by Crippen LogP contribution is 2.25. The molecule has 2 aromatic rings. The van der Waals surface area contributed by atoms with Crippen LogP contribution < -0.4 is 16.8 Å². The van der Waals surface area contributed by atoms with E-state index in [1.54, 1.807) is 6.92 Å². The predicted octanol–water partition coefficient (Wildman–Crippen LogP) is 0.454. The number of anilines is 1. The molecule has 0 fully saturated rings. The van der Waals surface area contributed by atoms with Gasteiger partial charge in [0.15, 0.2) is 0 Å². The highest BCUT2D eigenvalue weighted by molar-refractivity contribution is 6.06. The number of aliphatic hydroxyl groups excluding tert-OH is 1. The van der Waals surface area contributed by atoms with Crippen molar-refractivity contribution in [2.75, 3.05) is 11.9 Å². The van der Waals surface area contributed by atoms with Gasteiger partial charge < -0.3 is 21.9 Å². The van der Waals surface area contributed by atoms with Crippen molar-refractivity contribution < 1.29 is 9.90 Å². The molecule has 0 bridgehead atoms. The minimum atomic E-state index is -0.646. The number of para-hydroxylation sites is 1. The number of carbonyl (C=O) groups is 1. The molecule has 0 radical (unpaired) electrons. The Morgan fingerprint density at radius 2 is 2.15 bits per heavy atom. The number of nitrogens with one attached hydrogen (secondary N) is 1. The van der Waals surface area contributed by atoms with Gasteiger partial charge in [0.1, 0.15) is 0 Å². The van der Waals surface area contributed by atoms with Crippen LogP contribution in [-0.4, -0.2) is 34.7 Å². The molecule has 0 spiro atoms. The van der Waals surface area contributed by atoms with Gasteiger partial charge in [0.2, 0.25) is 0 Å². The molecular weight excluding hydrogens is 256 g/mol. The molecule has 6 nitrogen and oxygen atoms in total. The van der Waals surface area contributed by atoms with Crippen LogP contribution in [-0.2, 0) is 0 Å². The molecule has 20 heavy (non-hydrogen) atoms. The summed E-state index contributed by atoms with van der Waals surface area (Å²) in [4.78, 5) is 15.7. The Bertz CT molecular complexity index is 628. The van der Waals surface area contributed by atoms with Gasteiger partial charge in [-0.05, 0) is 13.0 Å². The Labute approximate surface area is 116 Å². The highest BCUT2D eigenvalue weighted by Gasteiger charge is 2.15. The van der Waals surface area contributed by atoms with Gasteiger partial charge in [0.25, 0.3) is 5.91 Å². The normalized spacial score (nSPS) is 13.9. The van der Waals surface area contributed by atoms with Crippen LogP contribution in [0.15, 0.2) is 30.5 Å². The number of fused-ring (bicyclic) bond motifs is 1. The van der Waals surface area contributed by atoms with E-state index < -0.39 is 18.1 Å². The number of primary amides is 1. The van der Waals surface area contributed by atoms with Gasteiger partial charge in [0, 0.05) is 24.2 Å². The predicted molar refractivity (Wildman–Crippen MR) is 78.4 cm³/mol. The third kappa shape index (κ3) is 2.87. The van der Waals surface area contributed by atoms with E-state index in [1.807, 2.05) is 24.3 Å². The van der Waals surface area contributed by atoms with Crippen molar-refractivity contribution in [1.29, 1.82) is 0 Å². The van der Waals surface area contributed by atoms with E-state index in [-0.39, 0.29) is 0 Å². The Morgan fingerprint density at radius 1 is 1.45 bits per heavy atom. The number of hydrogen-bond donors (Lipinski definition) is 4. The molecule has 2 atom stereocenters. The van der Waals surface area contributed by atoms with Crippen molar-refractivity contribution in [2.24, 2.45) is 11.5 Å². The average Bonchev–Trinajstić information content (AvgIpc) is 2.43. The van der Waals surface area contributed by atoms with Crippen LogP contribution in [0.4, 0.5) is 5.69 Å². The van der Waals surface area contributed by atoms with E-state index in [0.717, 1.165) is 10.9 Å². The Morgan fingerprint density at radius 3 is 2.80 bits per heavy atom. The van der Waals surface area contributed by atoms with Crippen LogP contribution in [0.5, 0.6) is 0 Å². The molecule has 1 amide bonds. The SMILES string of the molecule is CC(O)C(N)CNc1c(C(N)=O)cnc2ccccc12. The zero-order chi connectivity index (χ0) is 14.7. The zero-order valence-corrected chi connectivity index (χ0v) is 11.2. The maximum atomic E-state index is 11.5. The van der Waals surface area contributed by atoms with Gasteiger partial charge >= 0.3 is 0 Å². The summed E-state index contributed by atoms with van der Waals surface area (Å²) in [5.74, 6) is -0.559. The summed E-state index contributed by atoms with van der Waals surface area (Å²) in [6, 6.07) is 6.98. The summed E-state index contributed by atoms with van der Waals surface area (Å²) >= 11 is 0. The summed E-state index contributed by atoms with van der Waals surface area (Å²) in [7, 11) is 0. The second kappa shape index (κ2) is 5.85. The molecule has 0 aliphatic rings. The molecule has 2 unspecified atom stereocenters. The summed E-state index contributed by atoms with van der Waals surface area (Å²) in [5, 5.41) is 13.3. The lowest BCUT2D eigenvalue weighted by Crippen LogP contribution is -2.39. The third-order valence-corrected chi connectivity index (χ3v) is 3.18. The van der Waals surface area contributed by atoms with Crippen molar-refractivity contribution in [3.8, 4) is 0 Å². The molecule has 2 rings (SSSR count). The number of nitrogens with zero attached hydrogens (tertiary/aromatic N) is 1. The molecule has 1 heterocycles. The summed E-state index contributed by atoms with van der Waals surface area (Å²) in [5.41, 5.74) is 12.8. The Balaban J connectivity index is 2.42. The van der Waals surface area contributed by atoms with Gasteiger partial charge in [0.05, 0.1) is 22.9 Å². The molecule has 1 aromatic carbocycles. The van der Waals surface area contributed by atoms with Crippen LogP contribution in [0.3, 0.4) is 0 Å². The minimum Gasteiger partial charge on any atom is -0.392 e. The monoisotopic (exact) mass is 274 g/mol. The first-order valence-electron chi connectivity index (χ1n) is 6.35. The van der Waals surface area contributed by atoms with Gasteiger partial charge in [-0.1, -0.05) is 18.2 Å². The molecule has 1 aromatic heterocycles. The first-order valence-corrected chi connectivity index (χ1v) is 6.35. The number of aromatic nitrogens is 1. The van der Waals surface area contributed by atoms with Gasteiger partial charge in [-0.3, -0.25) is 9.78 Å². The lowest BCUT2D eigenvalue weighted by atomic mass is 10.1. The second-order valence-corrected chi connectivity index (χ2v) is 4.71. The maximum Gasteiger partial charge on any atom is 0.252 e. The molecule has 0 saturated heterocycles. The Kier molecular flexibility index (Phi) is 4.16. The lowest BCUT2D eigenvalue weighted by molar-refractivity contribution is 0.100. The number of nitrogens with two attached hydrogens (primary N) is 2. The van der Waals surface area contributed by atoms with E-state index in [0.29, 0.717) is 17.8 Å². The van der Waals surface area contributed by atoms with Crippen LogP contribution in [0.1, 0.15) is 17.3 Å². The van der Waals surface area contributed by atoms with Crippen molar-refractivity contribution in [1.82, 2.24) is 4.98 Å². The standard InChI is InChI=1S/C14H18N4O2/c1-8(19)11(15)7-18-13-9-4-2-3-5-12(9)17-6-10(13)14(16)20/h2-6,8,11,19H,7,15H2,1H3,(H2,16,20)(H,17,18). The van der Waals surface area contributed by atoms with Gasteiger partial charge in [-0.25, -0.2) is 0 Å². The number of aliphatic hydroxyl groups is 1. The fourth-order valence-corrected chi connectivity index (χ4v) is 1.91. The Hall–Kier alpha value is -2.18. The number of carbonyl (C=O) groups excluding carboxylic acids is 1. The summed E-state index contributed by atoms with van der Waals surface area (Å²) < 4.78 is 0. The molecule has 6 N–H and O–H groups in total. The summed E-state index contributed by atoms with van der Waals surface area (Å²) in [6.45, 7) is 1.94. The number of benzene rings is 1. The number of pyridine rings is 1. The van der Waals surface area contributed by atoms with E-state index >= 15 is 0 Å². The van der Waals surface area contributed by atoms with Gasteiger partial charge in [-0.2, -0.15) is 0 Å². The van der Waals surface area contributed by atoms with Crippen molar-refractivity contribution in [3.05, 3.63) is 36.0 Å². The smallest absolute Gasteiger partial charge is 0.252 e. The van der Waals surface area contributed by atoms with E-state index in [9.17, 15) is 9.90 Å².